The summed E-state index contributed by atoms with van der Waals surface area (Å²) in [6, 6.07) is 13.6. The molecule has 0 unspecified atom stereocenters. The number of anilines is 1. The fourth-order valence-corrected chi connectivity index (χ4v) is 2.93. The third kappa shape index (κ3) is 4.59. The first-order valence-electron chi connectivity index (χ1n) is 8.45. The van der Waals surface area contributed by atoms with Crippen LogP contribution in [0.1, 0.15) is 23.1 Å². The molecule has 25 heavy (non-hydrogen) atoms. The number of ether oxygens (including phenoxy) is 1. The number of fused-ring (bicyclic) bond motifs is 1. The van der Waals surface area contributed by atoms with Gasteiger partial charge >= 0.3 is 0 Å². The van der Waals surface area contributed by atoms with Gasteiger partial charge in [-0.25, -0.2) is 0 Å². The minimum atomic E-state index is 0.00962. The van der Waals surface area contributed by atoms with Crippen LogP contribution in [0, 0.1) is 0 Å². The van der Waals surface area contributed by atoms with Crippen molar-refractivity contribution in [3.63, 3.8) is 0 Å². The van der Waals surface area contributed by atoms with E-state index in [2.05, 4.69) is 16.7 Å². The van der Waals surface area contributed by atoms with E-state index in [0.29, 0.717) is 19.4 Å². The van der Waals surface area contributed by atoms with Gasteiger partial charge in [-0.1, -0.05) is 24.3 Å². The lowest BCUT2D eigenvalue weighted by atomic mass is 9.99. The Morgan fingerprint density at radius 2 is 1.88 bits per heavy atom. The molecule has 2 amide bonds. The van der Waals surface area contributed by atoms with E-state index in [-0.39, 0.29) is 11.8 Å². The number of aryl methyl sites for hydroxylation is 1. The molecule has 0 radical (unpaired) electrons. The van der Waals surface area contributed by atoms with E-state index in [4.69, 9.17) is 4.74 Å². The highest BCUT2D eigenvalue weighted by Gasteiger charge is 2.14. The van der Waals surface area contributed by atoms with Crippen molar-refractivity contribution in [2.75, 3.05) is 19.0 Å². The first kappa shape index (κ1) is 17.0. The van der Waals surface area contributed by atoms with Crippen LogP contribution in [0.2, 0.25) is 0 Å². The molecular formula is C20H22N2O3. The molecule has 0 bridgehead atoms. The number of carbonyl (C=O) groups is 2. The van der Waals surface area contributed by atoms with Crippen LogP contribution in [0.25, 0.3) is 0 Å². The molecule has 1 heterocycles. The van der Waals surface area contributed by atoms with Crippen LogP contribution in [0.5, 0.6) is 5.75 Å². The minimum Gasteiger partial charge on any atom is -0.497 e. The molecular weight excluding hydrogens is 316 g/mol. The average molecular weight is 338 g/mol. The van der Waals surface area contributed by atoms with Gasteiger partial charge in [-0.3, -0.25) is 9.59 Å². The van der Waals surface area contributed by atoms with Crippen molar-refractivity contribution >= 4 is 17.5 Å². The molecule has 5 nitrogen and oxygen atoms in total. The van der Waals surface area contributed by atoms with Gasteiger partial charge in [-0.15, -0.1) is 0 Å². The van der Waals surface area contributed by atoms with Crippen molar-refractivity contribution in [3.8, 4) is 5.75 Å². The normalized spacial score (nSPS) is 12.9. The van der Waals surface area contributed by atoms with Gasteiger partial charge in [0.15, 0.2) is 0 Å². The molecule has 0 fully saturated rings. The highest BCUT2D eigenvalue weighted by molar-refractivity contribution is 5.93. The highest BCUT2D eigenvalue weighted by Crippen LogP contribution is 2.23. The highest BCUT2D eigenvalue weighted by atomic mass is 16.5. The lowest BCUT2D eigenvalue weighted by molar-refractivity contribution is -0.120. The Balaban J connectivity index is 1.47. The number of methoxy groups -OCH3 is 1. The van der Waals surface area contributed by atoms with E-state index < -0.39 is 0 Å². The second-order valence-corrected chi connectivity index (χ2v) is 6.16. The maximum Gasteiger partial charge on any atom is 0.224 e. The van der Waals surface area contributed by atoms with Gasteiger partial charge in [-0.05, 0) is 47.7 Å². The Kier molecular flexibility index (Phi) is 5.33. The number of hydrogen-bond donors (Lipinski definition) is 2. The second kappa shape index (κ2) is 7.83. The van der Waals surface area contributed by atoms with Crippen LogP contribution in [-0.4, -0.2) is 25.5 Å². The van der Waals surface area contributed by atoms with E-state index in [1.165, 1.54) is 11.1 Å². The molecule has 0 aromatic heterocycles. The van der Waals surface area contributed by atoms with Crippen LogP contribution < -0.4 is 15.4 Å². The zero-order chi connectivity index (χ0) is 17.6. The average Bonchev–Trinajstić information content (AvgIpc) is 2.62. The quantitative estimate of drug-likeness (QED) is 0.850. The fourth-order valence-electron chi connectivity index (χ4n) is 2.93. The summed E-state index contributed by atoms with van der Waals surface area (Å²) in [5.74, 6) is 0.870. The molecule has 5 heteroatoms. The van der Waals surface area contributed by atoms with Crippen LogP contribution in [0.3, 0.4) is 0 Å². The zero-order valence-corrected chi connectivity index (χ0v) is 14.3. The molecule has 0 saturated carbocycles. The first-order chi connectivity index (χ1) is 12.1. The predicted molar refractivity (Wildman–Crippen MR) is 96.8 cm³/mol. The molecule has 3 rings (SSSR count). The summed E-state index contributed by atoms with van der Waals surface area (Å²) in [4.78, 5) is 23.4. The molecule has 2 N–H and O–H groups in total. The van der Waals surface area contributed by atoms with Crippen molar-refractivity contribution in [3.05, 3.63) is 59.2 Å². The third-order valence-electron chi connectivity index (χ3n) is 4.32. The smallest absolute Gasteiger partial charge is 0.224 e. The summed E-state index contributed by atoms with van der Waals surface area (Å²) in [6.07, 6.45) is 2.45. The number of amides is 2. The van der Waals surface area contributed by atoms with Gasteiger partial charge in [0.25, 0.3) is 0 Å². The second-order valence-electron chi connectivity index (χ2n) is 6.16. The first-order valence-corrected chi connectivity index (χ1v) is 8.45. The fraction of sp³-hybridized carbons (Fsp3) is 0.300. The van der Waals surface area contributed by atoms with E-state index in [9.17, 15) is 9.59 Å². The van der Waals surface area contributed by atoms with Crippen molar-refractivity contribution in [1.82, 2.24) is 5.32 Å². The number of carbonyl (C=O) groups excluding carboxylic acids is 2. The van der Waals surface area contributed by atoms with Gasteiger partial charge < -0.3 is 15.4 Å². The Labute approximate surface area is 147 Å². The predicted octanol–water partition coefficient (Wildman–Crippen LogP) is 2.48. The van der Waals surface area contributed by atoms with E-state index in [1.54, 1.807) is 7.11 Å². The van der Waals surface area contributed by atoms with Gasteiger partial charge in [0.1, 0.15) is 5.75 Å². The largest absolute Gasteiger partial charge is 0.497 e. The summed E-state index contributed by atoms with van der Waals surface area (Å²) >= 11 is 0. The van der Waals surface area contributed by atoms with Crippen molar-refractivity contribution in [2.24, 2.45) is 0 Å². The molecule has 0 saturated heterocycles. The standard InChI is InChI=1S/C20H22N2O3/c1-25-17-6-2-14(3-7-17)13-20(24)21-11-10-15-4-8-18-16(12-15)5-9-19(23)22-18/h2-4,6-8,12H,5,9-11,13H2,1H3,(H,21,24)(H,22,23). The van der Waals surface area contributed by atoms with Crippen molar-refractivity contribution in [2.45, 2.75) is 25.7 Å². The van der Waals surface area contributed by atoms with Gasteiger partial charge in [0.2, 0.25) is 11.8 Å². The summed E-state index contributed by atoms with van der Waals surface area (Å²) < 4.78 is 5.11. The number of hydrogen-bond acceptors (Lipinski definition) is 3. The van der Waals surface area contributed by atoms with Crippen LogP contribution in [-0.2, 0) is 28.9 Å². The summed E-state index contributed by atoms with van der Waals surface area (Å²) in [5, 5.41) is 5.83. The van der Waals surface area contributed by atoms with Crippen LogP contribution in [0.15, 0.2) is 42.5 Å². The molecule has 2 aromatic rings. The lowest BCUT2D eigenvalue weighted by Gasteiger charge is -2.17. The Morgan fingerprint density at radius 3 is 2.64 bits per heavy atom. The Hall–Kier alpha value is -2.82. The third-order valence-corrected chi connectivity index (χ3v) is 4.32. The monoisotopic (exact) mass is 338 g/mol. The SMILES string of the molecule is COc1ccc(CC(=O)NCCc2ccc3c(c2)CCC(=O)N3)cc1. The van der Waals surface area contributed by atoms with Crippen molar-refractivity contribution < 1.29 is 14.3 Å². The molecule has 1 aliphatic heterocycles. The molecule has 0 aliphatic carbocycles. The van der Waals surface area contributed by atoms with Gasteiger partial charge in [0, 0.05) is 18.7 Å². The van der Waals surface area contributed by atoms with Crippen molar-refractivity contribution in [1.29, 1.82) is 0 Å². The maximum atomic E-state index is 12.0. The Bertz CT molecular complexity index is 769. The molecule has 0 atom stereocenters. The van der Waals surface area contributed by atoms with E-state index in [1.807, 2.05) is 36.4 Å². The summed E-state index contributed by atoms with van der Waals surface area (Å²) in [5.41, 5.74) is 4.20. The molecule has 0 spiro atoms. The van der Waals surface area contributed by atoms with E-state index >= 15 is 0 Å². The molecule has 1 aliphatic rings. The van der Waals surface area contributed by atoms with Crippen LogP contribution >= 0.6 is 0 Å². The zero-order valence-electron chi connectivity index (χ0n) is 14.3. The molecule has 2 aromatic carbocycles. The lowest BCUT2D eigenvalue weighted by Crippen LogP contribution is -2.27. The Morgan fingerprint density at radius 1 is 1.12 bits per heavy atom. The van der Waals surface area contributed by atoms with E-state index in [0.717, 1.165) is 29.8 Å². The van der Waals surface area contributed by atoms with Crippen LogP contribution in [0.4, 0.5) is 5.69 Å². The number of benzene rings is 2. The minimum absolute atomic E-state index is 0.00962. The summed E-state index contributed by atoms with van der Waals surface area (Å²) in [6.45, 7) is 0.597. The van der Waals surface area contributed by atoms with Gasteiger partial charge in [0.05, 0.1) is 13.5 Å². The maximum absolute atomic E-state index is 12.0. The van der Waals surface area contributed by atoms with Gasteiger partial charge in [-0.2, -0.15) is 0 Å². The summed E-state index contributed by atoms with van der Waals surface area (Å²) in [7, 11) is 1.62. The molecule has 130 valence electrons. The number of nitrogens with one attached hydrogen (secondary N) is 2. The topological polar surface area (TPSA) is 67.4 Å². The number of rotatable bonds is 6.